The second kappa shape index (κ2) is 6.04. The Bertz CT molecular complexity index is 931. The third kappa shape index (κ3) is 2.47. The number of aromatic nitrogens is 2. The number of hydrogen-bond acceptors (Lipinski definition) is 3. The number of aliphatic hydroxyl groups excluding tert-OH is 1. The summed E-state index contributed by atoms with van der Waals surface area (Å²) in [6.07, 6.45) is 3.12. The number of nitrogens with zero attached hydrogens (tertiary/aromatic N) is 2. The highest BCUT2D eigenvalue weighted by Crippen LogP contribution is 2.54. The first-order chi connectivity index (χ1) is 13.1. The minimum absolute atomic E-state index is 0.0624. The molecule has 1 saturated heterocycles. The number of fused-ring (bicyclic) bond motifs is 5. The quantitative estimate of drug-likeness (QED) is 0.725. The molecule has 3 aromatic rings. The molecule has 0 amide bonds. The van der Waals surface area contributed by atoms with Crippen molar-refractivity contribution < 1.29 is 5.11 Å². The van der Waals surface area contributed by atoms with Gasteiger partial charge in [0.1, 0.15) is 6.23 Å². The van der Waals surface area contributed by atoms with Gasteiger partial charge in [0.15, 0.2) is 0 Å². The molecule has 1 spiro atoms. The molecular formula is C23H25N3O. The number of aliphatic hydroxyl groups is 1. The summed E-state index contributed by atoms with van der Waals surface area (Å²) in [6.45, 7) is 6.08. The van der Waals surface area contributed by atoms with Gasteiger partial charge in [-0.15, -0.1) is 0 Å². The van der Waals surface area contributed by atoms with E-state index in [1.54, 1.807) is 6.20 Å². The molecule has 0 radical (unpaired) electrons. The molecule has 27 heavy (non-hydrogen) atoms. The van der Waals surface area contributed by atoms with Crippen LogP contribution in [0.15, 0.2) is 48.7 Å². The highest BCUT2D eigenvalue weighted by molar-refractivity contribution is 5.81. The Labute approximate surface area is 159 Å². The molecule has 2 N–H and O–H groups in total. The van der Waals surface area contributed by atoms with E-state index in [1.807, 2.05) is 6.07 Å². The Morgan fingerprint density at radius 3 is 2.07 bits per heavy atom. The van der Waals surface area contributed by atoms with Crippen LogP contribution in [0, 0.1) is 13.8 Å². The van der Waals surface area contributed by atoms with E-state index in [1.165, 1.54) is 33.4 Å². The SMILES string of the molecule is Cc1ccc2c(c1)C1(CCN(C(O)c3ccn[nH]3)CC1)c1cc(C)ccc1-2. The van der Waals surface area contributed by atoms with Gasteiger partial charge in [0.25, 0.3) is 0 Å². The van der Waals surface area contributed by atoms with Crippen LogP contribution in [0.25, 0.3) is 11.1 Å². The van der Waals surface area contributed by atoms with E-state index < -0.39 is 6.23 Å². The summed E-state index contributed by atoms with van der Waals surface area (Å²) < 4.78 is 0. The number of rotatable bonds is 2. The number of aromatic amines is 1. The molecule has 2 aromatic carbocycles. The second-order valence-corrected chi connectivity index (χ2v) is 8.10. The van der Waals surface area contributed by atoms with Gasteiger partial charge in [-0.2, -0.15) is 5.10 Å². The van der Waals surface area contributed by atoms with Gasteiger partial charge >= 0.3 is 0 Å². The zero-order valence-electron chi connectivity index (χ0n) is 15.9. The Kier molecular flexibility index (Phi) is 3.74. The number of H-pyrrole nitrogens is 1. The third-order valence-corrected chi connectivity index (χ3v) is 6.47. The van der Waals surface area contributed by atoms with Crippen molar-refractivity contribution in [2.45, 2.75) is 38.3 Å². The summed E-state index contributed by atoms with van der Waals surface area (Å²) in [7, 11) is 0. The lowest BCUT2D eigenvalue weighted by atomic mass is 9.70. The summed E-state index contributed by atoms with van der Waals surface area (Å²) in [5, 5.41) is 17.6. The van der Waals surface area contributed by atoms with Crippen LogP contribution in [0.3, 0.4) is 0 Å². The third-order valence-electron chi connectivity index (χ3n) is 6.47. The van der Waals surface area contributed by atoms with E-state index in [0.29, 0.717) is 0 Å². The van der Waals surface area contributed by atoms with Crippen LogP contribution >= 0.6 is 0 Å². The van der Waals surface area contributed by atoms with Crippen molar-refractivity contribution in [3.05, 3.63) is 76.6 Å². The van der Waals surface area contributed by atoms with E-state index in [-0.39, 0.29) is 5.41 Å². The molecular weight excluding hydrogens is 334 g/mol. The van der Waals surface area contributed by atoms with E-state index in [0.717, 1.165) is 31.6 Å². The summed E-state index contributed by atoms with van der Waals surface area (Å²) in [5.74, 6) is 0. The molecule has 2 aliphatic rings. The lowest BCUT2D eigenvalue weighted by Crippen LogP contribution is -2.44. The topological polar surface area (TPSA) is 52.1 Å². The molecule has 1 atom stereocenters. The summed E-state index contributed by atoms with van der Waals surface area (Å²) in [6, 6.07) is 15.6. The van der Waals surface area contributed by atoms with Crippen LogP contribution in [0.5, 0.6) is 0 Å². The van der Waals surface area contributed by atoms with Crippen molar-refractivity contribution in [1.29, 1.82) is 0 Å². The van der Waals surface area contributed by atoms with Gasteiger partial charge in [-0.1, -0.05) is 47.5 Å². The predicted molar refractivity (Wildman–Crippen MR) is 106 cm³/mol. The van der Waals surface area contributed by atoms with Crippen molar-refractivity contribution in [1.82, 2.24) is 15.1 Å². The second-order valence-electron chi connectivity index (χ2n) is 8.10. The molecule has 5 rings (SSSR count). The number of aryl methyl sites for hydroxylation is 2. The standard InChI is InChI=1S/C23H25N3O/c1-15-3-5-17-18-6-4-16(2)14-20(18)23(19(17)13-15)8-11-26(12-9-23)22(27)21-7-10-24-25-21/h3-7,10,13-14,22,27H,8-9,11-12H2,1-2H3,(H,24,25). The Morgan fingerprint density at radius 2 is 1.56 bits per heavy atom. The van der Waals surface area contributed by atoms with E-state index >= 15 is 0 Å². The van der Waals surface area contributed by atoms with Gasteiger partial charge in [0, 0.05) is 24.7 Å². The minimum Gasteiger partial charge on any atom is -0.372 e. The van der Waals surface area contributed by atoms with E-state index in [4.69, 9.17) is 0 Å². The molecule has 0 saturated carbocycles. The first-order valence-electron chi connectivity index (χ1n) is 9.72. The average Bonchev–Trinajstić information content (AvgIpc) is 3.29. The van der Waals surface area contributed by atoms with Crippen LogP contribution < -0.4 is 0 Å². The molecule has 1 aliphatic carbocycles. The lowest BCUT2D eigenvalue weighted by Gasteiger charge is -2.42. The minimum atomic E-state index is -0.611. The summed E-state index contributed by atoms with van der Waals surface area (Å²) in [4.78, 5) is 2.15. The molecule has 1 unspecified atom stereocenters. The Morgan fingerprint density at radius 1 is 0.963 bits per heavy atom. The monoisotopic (exact) mass is 359 g/mol. The van der Waals surface area contributed by atoms with Crippen LogP contribution in [0.4, 0.5) is 0 Å². The molecule has 2 heterocycles. The fourth-order valence-electron chi connectivity index (χ4n) is 5.02. The lowest BCUT2D eigenvalue weighted by molar-refractivity contribution is -0.0225. The average molecular weight is 359 g/mol. The fourth-order valence-corrected chi connectivity index (χ4v) is 5.02. The number of benzene rings is 2. The van der Waals surface area contributed by atoms with Crippen LogP contribution in [0.2, 0.25) is 0 Å². The first-order valence-corrected chi connectivity index (χ1v) is 9.72. The zero-order valence-corrected chi connectivity index (χ0v) is 15.9. The predicted octanol–water partition coefficient (Wildman–Crippen LogP) is 4.08. The number of nitrogens with one attached hydrogen (secondary N) is 1. The molecule has 4 heteroatoms. The molecule has 1 aromatic heterocycles. The van der Waals surface area contributed by atoms with Crippen molar-refractivity contribution in [3.8, 4) is 11.1 Å². The van der Waals surface area contributed by atoms with Gasteiger partial charge in [-0.3, -0.25) is 10.00 Å². The Balaban J connectivity index is 1.53. The van der Waals surface area contributed by atoms with Gasteiger partial charge in [0.2, 0.25) is 0 Å². The van der Waals surface area contributed by atoms with E-state index in [9.17, 15) is 5.11 Å². The fraction of sp³-hybridized carbons (Fsp3) is 0.348. The maximum Gasteiger partial charge on any atom is 0.150 e. The van der Waals surface area contributed by atoms with Crippen molar-refractivity contribution in [2.75, 3.05) is 13.1 Å². The molecule has 4 nitrogen and oxygen atoms in total. The van der Waals surface area contributed by atoms with Gasteiger partial charge in [-0.25, -0.2) is 0 Å². The molecule has 1 aliphatic heterocycles. The Hall–Kier alpha value is -2.43. The number of likely N-dealkylation sites (tertiary alicyclic amines) is 1. The molecule has 0 bridgehead atoms. The van der Waals surface area contributed by atoms with E-state index in [2.05, 4.69) is 65.3 Å². The van der Waals surface area contributed by atoms with Crippen molar-refractivity contribution in [2.24, 2.45) is 0 Å². The van der Waals surface area contributed by atoms with Gasteiger partial charge in [-0.05, 0) is 55.0 Å². The smallest absolute Gasteiger partial charge is 0.150 e. The maximum absolute atomic E-state index is 10.7. The summed E-state index contributed by atoms with van der Waals surface area (Å²) in [5.41, 5.74) is 9.18. The van der Waals surface area contributed by atoms with Crippen LogP contribution in [0.1, 0.15) is 47.0 Å². The zero-order chi connectivity index (χ0) is 18.6. The number of piperidine rings is 1. The highest BCUT2D eigenvalue weighted by Gasteiger charge is 2.45. The van der Waals surface area contributed by atoms with Crippen LogP contribution in [-0.2, 0) is 5.41 Å². The van der Waals surface area contributed by atoms with Gasteiger partial charge < -0.3 is 5.11 Å². The molecule has 1 fully saturated rings. The summed E-state index contributed by atoms with van der Waals surface area (Å²) >= 11 is 0. The normalized spacial score (nSPS) is 19.1. The highest BCUT2D eigenvalue weighted by atomic mass is 16.3. The molecule has 138 valence electrons. The largest absolute Gasteiger partial charge is 0.372 e. The first kappa shape index (κ1) is 16.7. The van der Waals surface area contributed by atoms with Gasteiger partial charge in [0.05, 0.1) is 5.69 Å². The maximum atomic E-state index is 10.7. The van der Waals surface area contributed by atoms with Crippen LogP contribution in [-0.4, -0.2) is 33.3 Å². The van der Waals surface area contributed by atoms with Crippen molar-refractivity contribution >= 4 is 0 Å². The number of hydrogen-bond donors (Lipinski definition) is 2. The van der Waals surface area contributed by atoms with Crippen molar-refractivity contribution in [3.63, 3.8) is 0 Å².